The number of carbonyl (C=O) groups excluding carboxylic acids is 3. The van der Waals surface area contributed by atoms with E-state index in [9.17, 15) is 14.4 Å². The molecule has 2 aromatic rings. The van der Waals surface area contributed by atoms with Crippen molar-refractivity contribution in [1.82, 2.24) is 4.90 Å². The van der Waals surface area contributed by atoms with Gasteiger partial charge in [-0.25, -0.2) is 0 Å². The van der Waals surface area contributed by atoms with Crippen LogP contribution in [0.4, 0.5) is 11.4 Å². The van der Waals surface area contributed by atoms with E-state index in [0.29, 0.717) is 22.7 Å². The normalized spacial score (nSPS) is 12.0. The molecule has 1 aliphatic heterocycles. The minimum Gasteiger partial charge on any atom is -0.454 e. The Morgan fingerprint density at radius 3 is 2.23 bits per heavy atom. The first-order valence-electron chi connectivity index (χ1n) is 9.23. The van der Waals surface area contributed by atoms with Crippen molar-refractivity contribution in [3.05, 3.63) is 42.0 Å². The number of Topliss-reactive ketones (excluding diaryl/α,β-unsaturated/α-hetero) is 1. The van der Waals surface area contributed by atoms with Gasteiger partial charge in [-0.3, -0.25) is 19.3 Å². The van der Waals surface area contributed by atoms with E-state index >= 15 is 0 Å². The molecule has 2 amide bonds. The van der Waals surface area contributed by atoms with E-state index in [0.717, 1.165) is 10.6 Å². The molecule has 1 heterocycles. The zero-order valence-electron chi connectivity index (χ0n) is 17.0. The van der Waals surface area contributed by atoms with Crippen LogP contribution in [-0.2, 0) is 9.59 Å². The van der Waals surface area contributed by atoms with Gasteiger partial charge in [-0.05, 0) is 38.4 Å². The summed E-state index contributed by atoms with van der Waals surface area (Å²) in [5, 5.41) is 5.58. The highest BCUT2D eigenvalue weighted by atomic mass is 32.2. The summed E-state index contributed by atoms with van der Waals surface area (Å²) in [5.41, 5.74) is 1.42. The molecule has 0 saturated carbocycles. The van der Waals surface area contributed by atoms with E-state index in [1.807, 2.05) is 30.5 Å². The molecule has 0 fully saturated rings. The van der Waals surface area contributed by atoms with Crippen LogP contribution in [0.15, 0.2) is 41.3 Å². The minimum absolute atomic E-state index is 0.0244. The monoisotopic (exact) mass is 429 g/mol. The highest BCUT2D eigenvalue weighted by Gasteiger charge is 2.21. The number of likely N-dealkylation sites (N-methyl/N-ethyl adjacent to an activating group) is 1. The number of rotatable bonds is 8. The van der Waals surface area contributed by atoms with Gasteiger partial charge in [-0.2, -0.15) is 0 Å². The van der Waals surface area contributed by atoms with Gasteiger partial charge in [0.25, 0.3) is 0 Å². The Bertz CT molecular complexity index is 979. The molecule has 2 N–H and O–H groups in total. The molecular formula is C21H23N3O5S. The van der Waals surface area contributed by atoms with Gasteiger partial charge >= 0.3 is 0 Å². The summed E-state index contributed by atoms with van der Waals surface area (Å²) in [5.74, 6) is 0.160. The lowest BCUT2D eigenvalue weighted by atomic mass is 10.1. The highest BCUT2D eigenvalue weighted by Crippen LogP contribution is 2.37. The maximum Gasteiger partial charge on any atom is 0.238 e. The molecule has 8 nitrogen and oxygen atoms in total. The molecule has 0 saturated heterocycles. The largest absolute Gasteiger partial charge is 0.454 e. The fourth-order valence-corrected chi connectivity index (χ4v) is 3.56. The molecule has 0 unspecified atom stereocenters. The van der Waals surface area contributed by atoms with Crippen LogP contribution in [0.2, 0.25) is 0 Å². The summed E-state index contributed by atoms with van der Waals surface area (Å²) in [6.45, 7) is 1.50. The highest BCUT2D eigenvalue weighted by molar-refractivity contribution is 7.98. The fourth-order valence-electron chi connectivity index (χ4n) is 3.01. The Morgan fingerprint density at radius 1 is 1.00 bits per heavy atom. The SMILES string of the molecule is CSc1ccccc1NC(=O)CN(C)CC(=O)Nc1cc2c(cc1C(C)=O)OCO2. The predicted octanol–water partition coefficient (Wildman–Crippen LogP) is 2.85. The molecule has 2 aromatic carbocycles. The van der Waals surface area contributed by atoms with E-state index in [-0.39, 0.29) is 37.5 Å². The number of nitrogens with one attached hydrogen (secondary N) is 2. The lowest BCUT2D eigenvalue weighted by Crippen LogP contribution is -2.36. The Hall–Kier alpha value is -3.04. The maximum absolute atomic E-state index is 12.5. The van der Waals surface area contributed by atoms with E-state index in [4.69, 9.17) is 9.47 Å². The van der Waals surface area contributed by atoms with Crippen molar-refractivity contribution in [2.45, 2.75) is 11.8 Å². The molecule has 1 aliphatic rings. The number of fused-ring (bicyclic) bond motifs is 1. The summed E-state index contributed by atoms with van der Waals surface area (Å²) in [4.78, 5) is 39.3. The summed E-state index contributed by atoms with van der Waals surface area (Å²) in [7, 11) is 1.67. The Morgan fingerprint density at radius 2 is 1.60 bits per heavy atom. The van der Waals surface area contributed by atoms with E-state index in [1.54, 1.807) is 35.8 Å². The Labute approximate surface area is 178 Å². The number of hydrogen-bond donors (Lipinski definition) is 2. The number of amides is 2. The van der Waals surface area contributed by atoms with Gasteiger partial charge in [-0.1, -0.05) is 12.1 Å². The second kappa shape index (κ2) is 9.64. The Balaban J connectivity index is 1.58. The third-order valence-corrected chi connectivity index (χ3v) is 5.17. The number of thioether (sulfide) groups is 1. The van der Waals surface area contributed by atoms with Crippen LogP contribution in [0.25, 0.3) is 0 Å². The van der Waals surface area contributed by atoms with Crippen LogP contribution < -0.4 is 20.1 Å². The summed E-state index contributed by atoms with van der Waals surface area (Å²) >= 11 is 1.54. The van der Waals surface area contributed by atoms with Crippen molar-refractivity contribution in [2.24, 2.45) is 0 Å². The van der Waals surface area contributed by atoms with Gasteiger partial charge in [0.15, 0.2) is 17.3 Å². The molecule has 0 aromatic heterocycles. The first-order chi connectivity index (χ1) is 14.4. The quantitative estimate of drug-likeness (QED) is 0.492. The van der Waals surface area contributed by atoms with Crippen LogP contribution in [-0.4, -0.2) is 55.7 Å². The smallest absolute Gasteiger partial charge is 0.238 e. The molecule has 30 heavy (non-hydrogen) atoms. The van der Waals surface area contributed by atoms with E-state index in [2.05, 4.69) is 10.6 Å². The molecule has 0 bridgehead atoms. The molecular weight excluding hydrogens is 406 g/mol. The number of carbonyl (C=O) groups is 3. The van der Waals surface area contributed by atoms with Crippen molar-refractivity contribution in [3.8, 4) is 11.5 Å². The van der Waals surface area contributed by atoms with E-state index < -0.39 is 0 Å². The van der Waals surface area contributed by atoms with Crippen LogP contribution in [0.5, 0.6) is 11.5 Å². The van der Waals surface area contributed by atoms with Gasteiger partial charge in [0.1, 0.15) is 0 Å². The third kappa shape index (κ3) is 5.31. The third-order valence-electron chi connectivity index (χ3n) is 4.37. The molecule has 158 valence electrons. The number of anilines is 2. The molecule has 0 radical (unpaired) electrons. The minimum atomic E-state index is -0.351. The topological polar surface area (TPSA) is 97.0 Å². The van der Waals surface area contributed by atoms with Crippen molar-refractivity contribution >= 4 is 40.7 Å². The van der Waals surface area contributed by atoms with Crippen LogP contribution >= 0.6 is 11.8 Å². The first kappa shape index (κ1) is 21.7. The first-order valence-corrected chi connectivity index (χ1v) is 10.5. The summed E-state index contributed by atoms with van der Waals surface area (Å²) in [6.07, 6.45) is 1.94. The zero-order valence-corrected chi connectivity index (χ0v) is 17.8. The van der Waals surface area contributed by atoms with Crippen molar-refractivity contribution in [1.29, 1.82) is 0 Å². The number of hydrogen-bond acceptors (Lipinski definition) is 7. The van der Waals surface area contributed by atoms with Crippen LogP contribution in [0, 0.1) is 0 Å². The Kier molecular flexibility index (Phi) is 6.96. The maximum atomic E-state index is 12.5. The molecule has 0 atom stereocenters. The van der Waals surface area contributed by atoms with Gasteiger partial charge in [-0.15, -0.1) is 11.8 Å². The predicted molar refractivity (Wildman–Crippen MR) is 116 cm³/mol. The van der Waals surface area contributed by atoms with Crippen LogP contribution in [0.3, 0.4) is 0 Å². The standard InChI is InChI=1S/C21H23N3O5S/c1-13(25)14-8-17-18(29-12-28-17)9-16(14)23-21(27)11-24(2)10-20(26)22-15-6-4-5-7-19(15)30-3/h4-9H,10-12H2,1-3H3,(H,22,26)(H,23,27). The van der Waals surface area contributed by atoms with Gasteiger partial charge in [0, 0.05) is 16.5 Å². The zero-order chi connectivity index (χ0) is 21.7. The second-order valence-corrected chi connectivity index (χ2v) is 7.62. The summed E-state index contributed by atoms with van der Waals surface area (Å²) in [6, 6.07) is 10.6. The molecule has 9 heteroatoms. The van der Waals surface area contributed by atoms with Gasteiger partial charge < -0.3 is 20.1 Å². The van der Waals surface area contributed by atoms with Gasteiger partial charge in [0.2, 0.25) is 18.6 Å². The number of para-hydroxylation sites is 1. The van der Waals surface area contributed by atoms with Crippen molar-refractivity contribution in [3.63, 3.8) is 0 Å². The lowest BCUT2D eigenvalue weighted by Gasteiger charge is -2.17. The fraction of sp³-hybridized carbons (Fsp3) is 0.286. The molecule has 0 spiro atoms. The van der Waals surface area contributed by atoms with Crippen LogP contribution in [0.1, 0.15) is 17.3 Å². The second-order valence-electron chi connectivity index (χ2n) is 6.78. The lowest BCUT2D eigenvalue weighted by molar-refractivity contribution is -0.119. The van der Waals surface area contributed by atoms with Crippen molar-refractivity contribution in [2.75, 3.05) is 43.8 Å². The molecule has 0 aliphatic carbocycles. The average molecular weight is 429 g/mol. The number of ether oxygens (including phenoxy) is 2. The van der Waals surface area contributed by atoms with Gasteiger partial charge in [0.05, 0.1) is 24.5 Å². The number of benzene rings is 2. The molecule has 3 rings (SSSR count). The number of nitrogens with zero attached hydrogens (tertiary/aromatic N) is 1. The summed E-state index contributed by atoms with van der Waals surface area (Å²) < 4.78 is 10.6. The number of ketones is 1. The van der Waals surface area contributed by atoms with E-state index in [1.165, 1.54) is 6.92 Å². The van der Waals surface area contributed by atoms with Crippen molar-refractivity contribution < 1.29 is 23.9 Å². The average Bonchev–Trinajstić information content (AvgIpc) is 3.14.